The topological polar surface area (TPSA) is 23.5 Å². The number of rotatable bonds is 3. The monoisotopic (exact) mass is 237 g/mol. The minimum atomic E-state index is -4.31. The summed E-state index contributed by atoms with van der Waals surface area (Å²) in [6.07, 6.45) is -4.31. The van der Waals surface area contributed by atoms with Crippen molar-refractivity contribution in [1.29, 1.82) is 0 Å². The van der Waals surface area contributed by atoms with Gasteiger partial charge in [-0.3, -0.25) is 4.90 Å². The van der Waals surface area contributed by atoms with Crippen LogP contribution in [-0.4, -0.2) is 29.8 Å². The Morgan fingerprint density at radius 3 is 2.50 bits per heavy atom. The maximum Gasteiger partial charge on any atom is 0.401 e. The summed E-state index contributed by atoms with van der Waals surface area (Å²) in [5.74, 6) is -0.802. The van der Waals surface area contributed by atoms with Gasteiger partial charge in [-0.15, -0.1) is 0 Å². The zero-order valence-corrected chi connectivity index (χ0v) is 8.55. The summed E-state index contributed by atoms with van der Waals surface area (Å²) in [7, 11) is 1.25. The molecule has 1 aromatic rings. The van der Waals surface area contributed by atoms with Crippen molar-refractivity contribution in [2.75, 3.05) is 13.6 Å². The number of hydrogen-bond acceptors (Lipinski definition) is 2. The van der Waals surface area contributed by atoms with Crippen molar-refractivity contribution in [3.05, 3.63) is 29.6 Å². The molecule has 2 nitrogen and oxygen atoms in total. The van der Waals surface area contributed by atoms with Crippen LogP contribution in [0.25, 0.3) is 0 Å². The Morgan fingerprint density at radius 2 is 1.94 bits per heavy atom. The third-order valence-corrected chi connectivity index (χ3v) is 1.93. The molecule has 0 amide bonds. The molecule has 0 spiro atoms. The molecule has 0 aliphatic carbocycles. The number of phenolic OH excluding ortho intramolecular Hbond substituents is 1. The number of aromatic hydroxyl groups is 1. The first kappa shape index (κ1) is 12.8. The van der Waals surface area contributed by atoms with Crippen LogP contribution in [0.2, 0.25) is 0 Å². The van der Waals surface area contributed by atoms with Crippen molar-refractivity contribution in [1.82, 2.24) is 4.90 Å². The maximum absolute atomic E-state index is 12.8. The van der Waals surface area contributed by atoms with Crippen LogP contribution in [0.5, 0.6) is 5.75 Å². The molecule has 0 radical (unpaired) electrons. The maximum atomic E-state index is 12.8. The van der Waals surface area contributed by atoms with Gasteiger partial charge in [0, 0.05) is 12.1 Å². The Kier molecular flexibility index (Phi) is 3.74. The molecule has 0 heterocycles. The predicted molar refractivity (Wildman–Crippen MR) is 50.5 cm³/mol. The van der Waals surface area contributed by atoms with E-state index in [1.54, 1.807) is 0 Å². The van der Waals surface area contributed by atoms with Crippen LogP contribution in [-0.2, 0) is 6.54 Å². The Morgan fingerprint density at radius 1 is 1.31 bits per heavy atom. The SMILES string of the molecule is CN(Cc1cc(F)ccc1O)CC(F)(F)F. The Bertz CT molecular complexity index is 364. The highest BCUT2D eigenvalue weighted by molar-refractivity contribution is 5.32. The summed E-state index contributed by atoms with van der Waals surface area (Å²) < 4.78 is 48.8. The van der Waals surface area contributed by atoms with Gasteiger partial charge in [0.15, 0.2) is 0 Å². The molecule has 1 aromatic carbocycles. The van der Waals surface area contributed by atoms with E-state index in [1.165, 1.54) is 7.05 Å². The molecule has 6 heteroatoms. The van der Waals surface area contributed by atoms with E-state index in [9.17, 15) is 22.7 Å². The minimum absolute atomic E-state index is 0.131. The van der Waals surface area contributed by atoms with Crippen LogP contribution in [0, 0.1) is 5.82 Å². The zero-order chi connectivity index (χ0) is 12.3. The number of nitrogens with zero attached hydrogens (tertiary/aromatic N) is 1. The van der Waals surface area contributed by atoms with Crippen LogP contribution in [0.3, 0.4) is 0 Å². The second-order valence-electron chi connectivity index (χ2n) is 3.56. The molecule has 0 saturated carbocycles. The molecule has 90 valence electrons. The van der Waals surface area contributed by atoms with E-state index in [0.29, 0.717) is 0 Å². The van der Waals surface area contributed by atoms with Gasteiger partial charge in [0.25, 0.3) is 0 Å². The van der Waals surface area contributed by atoms with Gasteiger partial charge in [-0.25, -0.2) is 4.39 Å². The van der Waals surface area contributed by atoms with Crippen LogP contribution < -0.4 is 0 Å². The zero-order valence-electron chi connectivity index (χ0n) is 8.55. The van der Waals surface area contributed by atoms with Crippen LogP contribution in [0.4, 0.5) is 17.6 Å². The third kappa shape index (κ3) is 4.06. The number of hydrogen-bond donors (Lipinski definition) is 1. The highest BCUT2D eigenvalue weighted by Crippen LogP contribution is 2.21. The van der Waals surface area contributed by atoms with Gasteiger partial charge in [0.05, 0.1) is 6.54 Å². The lowest BCUT2D eigenvalue weighted by atomic mass is 10.2. The van der Waals surface area contributed by atoms with Gasteiger partial charge in [0.1, 0.15) is 11.6 Å². The molecule has 0 saturated heterocycles. The van der Waals surface area contributed by atoms with E-state index >= 15 is 0 Å². The summed E-state index contributed by atoms with van der Waals surface area (Å²) in [5.41, 5.74) is 0.131. The quantitative estimate of drug-likeness (QED) is 0.816. The standard InChI is InChI=1S/C10H11F4NO/c1-15(6-10(12,13)14)5-7-4-8(11)2-3-9(7)16/h2-4,16H,5-6H2,1H3. The van der Waals surface area contributed by atoms with Crippen LogP contribution in [0.15, 0.2) is 18.2 Å². The van der Waals surface area contributed by atoms with E-state index < -0.39 is 18.5 Å². The summed E-state index contributed by atoms with van der Waals surface area (Å²) in [4.78, 5) is 0.953. The van der Waals surface area contributed by atoms with Gasteiger partial charge in [-0.05, 0) is 25.2 Å². The number of benzene rings is 1. The third-order valence-electron chi connectivity index (χ3n) is 1.93. The second-order valence-corrected chi connectivity index (χ2v) is 3.56. The summed E-state index contributed by atoms with van der Waals surface area (Å²) in [6, 6.07) is 3.18. The summed E-state index contributed by atoms with van der Waals surface area (Å²) in [5, 5.41) is 9.31. The van der Waals surface area contributed by atoms with E-state index in [1.807, 2.05) is 0 Å². The first-order chi connectivity index (χ1) is 7.28. The van der Waals surface area contributed by atoms with E-state index in [-0.39, 0.29) is 17.9 Å². The summed E-state index contributed by atoms with van der Waals surface area (Å²) in [6.45, 7) is -1.27. The largest absolute Gasteiger partial charge is 0.508 e. The lowest BCUT2D eigenvalue weighted by Crippen LogP contribution is -2.30. The van der Waals surface area contributed by atoms with Gasteiger partial charge in [-0.1, -0.05) is 0 Å². The predicted octanol–water partition coefficient (Wildman–Crippen LogP) is 2.53. The first-order valence-electron chi connectivity index (χ1n) is 4.50. The first-order valence-corrected chi connectivity index (χ1v) is 4.50. The number of halogens is 4. The molecule has 0 aromatic heterocycles. The van der Waals surface area contributed by atoms with Crippen molar-refractivity contribution >= 4 is 0 Å². The van der Waals surface area contributed by atoms with Crippen molar-refractivity contribution in [2.24, 2.45) is 0 Å². The molecular weight excluding hydrogens is 226 g/mol. The van der Waals surface area contributed by atoms with E-state index in [4.69, 9.17) is 0 Å². The Hall–Kier alpha value is -1.30. The average Bonchev–Trinajstić information content (AvgIpc) is 2.08. The second kappa shape index (κ2) is 4.69. The normalized spacial score (nSPS) is 12.1. The highest BCUT2D eigenvalue weighted by atomic mass is 19.4. The lowest BCUT2D eigenvalue weighted by molar-refractivity contribution is -0.144. The van der Waals surface area contributed by atoms with Gasteiger partial charge in [0.2, 0.25) is 0 Å². The fourth-order valence-electron chi connectivity index (χ4n) is 1.33. The summed E-state index contributed by atoms with van der Waals surface area (Å²) >= 11 is 0. The van der Waals surface area contributed by atoms with Crippen molar-refractivity contribution in [2.45, 2.75) is 12.7 Å². The molecule has 0 fully saturated rings. The number of alkyl halides is 3. The molecule has 0 unspecified atom stereocenters. The minimum Gasteiger partial charge on any atom is -0.508 e. The lowest BCUT2D eigenvalue weighted by Gasteiger charge is -2.18. The molecule has 0 bridgehead atoms. The van der Waals surface area contributed by atoms with Crippen LogP contribution in [0.1, 0.15) is 5.56 Å². The average molecular weight is 237 g/mol. The van der Waals surface area contributed by atoms with Gasteiger partial charge in [-0.2, -0.15) is 13.2 Å². The van der Waals surface area contributed by atoms with Gasteiger partial charge >= 0.3 is 6.18 Å². The van der Waals surface area contributed by atoms with Crippen LogP contribution >= 0.6 is 0 Å². The number of phenols is 1. The fourth-order valence-corrected chi connectivity index (χ4v) is 1.33. The van der Waals surface area contributed by atoms with E-state index in [0.717, 1.165) is 23.1 Å². The molecule has 0 atom stereocenters. The molecule has 0 aliphatic rings. The molecule has 0 aliphatic heterocycles. The highest BCUT2D eigenvalue weighted by Gasteiger charge is 2.29. The smallest absolute Gasteiger partial charge is 0.401 e. The van der Waals surface area contributed by atoms with Gasteiger partial charge < -0.3 is 5.11 Å². The van der Waals surface area contributed by atoms with E-state index in [2.05, 4.69) is 0 Å². The van der Waals surface area contributed by atoms with Crippen molar-refractivity contribution in [3.8, 4) is 5.75 Å². The van der Waals surface area contributed by atoms with Crippen molar-refractivity contribution < 1.29 is 22.7 Å². The molecular formula is C10H11F4NO. The molecule has 1 rings (SSSR count). The molecule has 1 N–H and O–H groups in total. The molecule has 16 heavy (non-hydrogen) atoms. The van der Waals surface area contributed by atoms with Crippen molar-refractivity contribution in [3.63, 3.8) is 0 Å². The Balaban J connectivity index is 2.69. The fraction of sp³-hybridized carbons (Fsp3) is 0.400. The Labute approximate surface area is 90.1 Å².